The van der Waals surface area contributed by atoms with Gasteiger partial charge in [0.25, 0.3) is 5.88 Å². The molecule has 2 aliphatic rings. The average molecular weight is 477 g/mol. The maximum atomic E-state index is 6.16. The van der Waals surface area contributed by atoms with Gasteiger partial charge in [0, 0.05) is 26.5 Å². The highest BCUT2D eigenvalue weighted by molar-refractivity contribution is 5.95. The second-order valence-electron chi connectivity index (χ2n) is 8.11. The van der Waals surface area contributed by atoms with Crippen LogP contribution in [-0.2, 0) is 9.47 Å². The summed E-state index contributed by atoms with van der Waals surface area (Å²) >= 11 is 0. The molecule has 0 aromatic carbocycles. The van der Waals surface area contributed by atoms with Crippen LogP contribution in [0.2, 0.25) is 0 Å². The summed E-state index contributed by atoms with van der Waals surface area (Å²) in [7, 11) is 1.73. The fourth-order valence-corrected chi connectivity index (χ4v) is 3.95. The first-order valence-electron chi connectivity index (χ1n) is 13.0. The Morgan fingerprint density at radius 1 is 1.15 bits per heavy atom. The molecule has 3 rings (SSSR count). The number of ether oxygens (including phenoxy) is 3. The highest BCUT2D eigenvalue weighted by Crippen LogP contribution is 2.33. The quantitative estimate of drug-likeness (QED) is 0.514. The van der Waals surface area contributed by atoms with Gasteiger partial charge in [0.05, 0.1) is 17.8 Å². The zero-order valence-electron chi connectivity index (χ0n) is 22.9. The molecule has 0 amide bonds. The summed E-state index contributed by atoms with van der Waals surface area (Å²) in [4.78, 5) is 4.68. The van der Waals surface area contributed by atoms with Gasteiger partial charge in [0.1, 0.15) is 18.1 Å². The summed E-state index contributed by atoms with van der Waals surface area (Å²) < 4.78 is 19.4. The number of methoxy groups -OCH3 is 1. The van der Waals surface area contributed by atoms with Crippen LogP contribution in [0.4, 0.5) is 5.69 Å². The lowest BCUT2D eigenvalue weighted by atomic mass is 9.98. The fourth-order valence-electron chi connectivity index (χ4n) is 3.95. The highest BCUT2D eigenvalue weighted by atomic mass is 16.5. The lowest BCUT2D eigenvalue weighted by Gasteiger charge is -2.23. The van der Waals surface area contributed by atoms with Crippen LogP contribution in [0.5, 0.6) is 5.88 Å². The van der Waals surface area contributed by atoms with Gasteiger partial charge < -0.3 is 19.5 Å². The van der Waals surface area contributed by atoms with Crippen LogP contribution in [0.15, 0.2) is 28.9 Å². The van der Waals surface area contributed by atoms with Crippen molar-refractivity contribution in [1.82, 2.24) is 9.78 Å². The number of allylic oxidation sites excluding steroid dienone is 2. The normalized spacial score (nSPS) is 21.2. The predicted molar refractivity (Wildman–Crippen MR) is 143 cm³/mol. The number of nitrogens with one attached hydrogen (secondary N) is 1. The van der Waals surface area contributed by atoms with Crippen LogP contribution in [0, 0.1) is 6.92 Å². The zero-order valence-corrected chi connectivity index (χ0v) is 22.9. The molecule has 194 valence electrons. The molecule has 7 nitrogen and oxygen atoms in total. The van der Waals surface area contributed by atoms with Crippen molar-refractivity contribution in [2.45, 2.75) is 99.1 Å². The molecular weight excluding hydrogens is 428 g/mol. The van der Waals surface area contributed by atoms with Crippen molar-refractivity contribution >= 4 is 11.5 Å². The van der Waals surface area contributed by atoms with Crippen LogP contribution >= 0.6 is 0 Å². The first-order chi connectivity index (χ1) is 16.5. The van der Waals surface area contributed by atoms with Crippen LogP contribution < -0.4 is 10.1 Å². The van der Waals surface area contributed by atoms with Crippen molar-refractivity contribution in [3.05, 3.63) is 29.6 Å². The molecule has 2 aliphatic heterocycles. The minimum absolute atomic E-state index is 0.0196. The van der Waals surface area contributed by atoms with E-state index in [0.717, 1.165) is 74.5 Å². The number of hydrogen-bond donors (Lipinski definition) is 1. The number of hydrogen-bond acceptors (Lipinski definition) is 6. The van der Waals surface area contributed by atoms with E-state index in [2.05, 4.69) is 35.4 Å². The SMILES string of the molecule is C=C1CCC(OC)COc2nn(C3CCOCC3)c(C)c2NC(C)=N/C=C\1CCC.CC.CC. The molecule has 0 saturated carbocycles. The predicted octanol–water partition coefficient (Wildman–Crippen LogP) is 6.85. The van der Waals surface area contributed by atoms with E-state index in [1.54, 1.807) is 7.11 Å². The Kier molecular flexibility index (Phi) is 14.5. The van der Waals surface area contributed by atoms with Crippen LogP contribution in [-0.4, -0.2) is 48.7 Å². The molecule has 1 saturated heterocycles. The minimum atomic E-state index is -0.0196. The van der Waals surface area contributed by atoms with Gasteiger partial charge in [-0.15, -0.1) is 5.10 Å². The Bertz CT molecular complexity index is 792. The maximum absolute atomic E-state index is 6.16. The van der Waals surface area contributed by atoms with Gasteiger partial charge in [0.2, 0.25) is 0 Å². The Balaban J connectivity index is 0.00000137. The Hall–Kier alpha value is -2.12. The van der Waals surface area contributed by atoms with E-state index < -0.39 is 0 Å². The van der Waals surface area contributed by atoms with E-state index in [9.17, 15) is 0 Å². The first-order valence-corrected chi connectivity index (χ1v) is 13.0. The number of amidine groups is 1. The fraction of sp³-hybridized carbons (Fsp3) is 0.704. The molecule has 0 radical (unpaired) electrons. The topological polar surface area (TPSA) is 69.9 Å². The molecule has 1 N–H and O–H groups in total. The first kappa shape index (κ1) is 29.9. The van der Waals surface area contributed by atoms with Gasteiger partial charge in [-0.3, -0.25) is 4.68 Å². The number of rotatable bonds is 4. The number of aliphatic imine (C=N–C) groups is 1. The van der Waals surface area contributed by atoms with Crippen molar-refractivity contribution in [3.8, 4) is 5.88 Å². The standard InChI is InChI=1S/C23H36N4O3.2C2H6/c1-6-7-19-14-24-18(4)25-22-17(3)27(20-10-12-29-13-11-20)26-23(22)30-15-21(28-5)9-8-16(19)2;2*1-2/h14,20-21H,2,6-13,15H2,1,3-5H3,(H,24,25);2*1-2H3/b19-14-;;. The lowest BCUT2D eigenvalue weighted by molar-refractivity contribution is 0.0494. The van der Waals surface area contributed by atoms with Crippen molar-refractivity contribution in [2.75, 3.05) is 32.2 Å². The number of aromatic nitrogens is 2. The van der Waals surface area contributed by atoms with Crippen molar-refractivity contribution in [1.29, 1.82) is 0 Å². The summed E-state index contributed by atoms with van der Waals surface area (Å²) in [6, 6.07) is 0.324. The molecule has 0 spiro atoms. The van der Waals surface area contributed by atoms with E-state index in [1.165, 1.54) is 5.57 Å². The van der Waals surface area contributed by atoms with Gasteiger partial charge >= 0.3 is 0 Å². The third-order valence-corrected chi connectivity index (χ3v) is 5.86. The van der Waals surface area contributed by atoms with Gasteiger partial charge in [-0.05, 0) is 51.5 Å². The number of fused-ring (bicyclic) bond motifs is 1. The maximum Gasteiger partial charge on any atom is 0.257 e. The number of anilines is 1. The van der Waals surface area contributed by atoms with E-state index in [1.807, 2.05) is 40.8 Å². The summed E-state index contributed by atoms with van der Waals surface area (Å²) in [5.41, 5.74) is 4.25. The molecule has 1 unspecified atom stereocenters. The average Bonchev–Trinajstić information content (AvgIpc) is 3.19. The highest BCUT2D eigenvalue weighted by Gasteiger charge is 2.25. The molecule has 0 aliphatic carbocycles. The van der Waals surface area contributed by atoms with Gasteiger partial charge in [0.15, 0.2) is 0 Å². The van der Waals surface area contributed by atoms with Crippen LogP contribution in [0.3, 0.4) is 0 Å². The second-order valence-corrected chi connectivity index (χ2v) is 8.11. The summed E-state index contributed by atoms with van der Waals surface area (Å²) in [5, 5.41) is 8.25. The Morgan fingerprint density at radius 2 is 1.82 bits per heavy atom. The molecule has 1 aromatic rings. The summed E-state index contributed by atoms with van der Waals surface area (Å²) in [6.45, 7) is 20.5. The van der Waals surface area contributed by atoms with Crippen LogP contribution in [0.1, 0.15) is 91.8 Å². The van der Waals surface area contributed by atoms with Crippen molar-refractivity contribution in [2.24, 2.45) is 4.99 Å². The smallest absolute Gasteiger partial charge is 0.257 e. The van der Waals surface area contributed by atoms with E-state index >= 15 is 0 Å². The molecular formula is C27H48N4O3. The van der Waals surface area contributed by atoms with E-state index in [4.69, 9.17) is 19.3 Å². The third kappa shape index (κ3) is 8.58. The Morgan fingerprint density at radius 3 is 2.44 bits per heavy atom. The molecule has 7 heteroatoms. The summed E-state index contributed by atoms with van der Waals surface area (Å²) in [6.07, 6.45) is 7.59. The third-order valence-electron chi connectivity index (χ3n) is 5.86. The van der Waals surface area contributed by atoms with Gasteiger partial charge in [-0.2, -0.15) is 0 Å². The molecule has 1 aromatic heterocycles. The van der Waals surface area contributed by atoms with Gasteiger partial charge in [-0.25, -0.2) is 4.99 Å². The Labute approximate surface area is 207 Å². The number of nitrogens with zero attached hydrogens (tertiary/aromatic N) is 3. The second kappa shape index (κ2) is 16.5. The molecule has 1 atom stereocenters. The molecule has 0 bridgehead atoms. The largest absolute Gasteiger partial charge is 0.472 e. The van der Waals surface area contributed by atoms with Crippen LogP contribution in [0.25, 0.3) is 0 Å². The lowest BCUT2D eigenvalue weighted by Crippen LogP contribution is -2.22. The van der Waals surface area contributed by atoms with Gasteiger partial charge in [-0.1, -0.05) is 53.2 Å². The zero-order chi connectivity index (χ0) is 25.5. The minimum Gasteiger partial charge on any atom is -0.472 e. The van der Waals surface area contributed by atoms with E-state index in [0.29, 0.717) is 18.5 Å². The monoisotopic (exact) mass is 476 g/mol. The van der Waals surface area contributed by atoms with Crippen molar-refractivity contribution < 1.29 is 14.2 Å². The molecule has 1 fully saturated rings. The van der Waals surface area contributed by atoms with E-state index in [-0.39, 0.29) is 6.10 Å². The molecule has 3 heterocycles. The van der Waals surface area contributed by atoms with Crippen molar-refractivity contribution in [3.63, 3.8) is 0 Å². The molecule has 34 heavy (non-hydrogen) atoms. The summed E-state index contributed by atoms with van der Waals surface area (Å²) in [5.74, 6) is 1.41.